The third kappa shape index (κ3) is 3.89. The third-order valence-corrected chi connectivity index (χ3v) is 2.12. The molecule has 0 N–H and O–H groups in total. The zero-order valence-electron chi connectivity index (χ0n) is 10.1. The normalized spacial score (nSPS) is 9.72. The molecule has 7 heteroatoms. The second kappa shape index (κ2) is 6.80. The molecule has 0 heterocycles. The molecule has 0 amide bonds. The van der Waals surface area contributed by atoms with E-state index < -0.39 is 4.92 Å². The molecule has 0 saturated carbocycles. The molecule has 0 atom stereocenters. The van der Waals surface area contributed by atoms with E-state index in [-0.39, 0.29) is 17.5 Å². The molecule has 0 saturated heterocycles. The largest absolute Gasteiger partial charge is 0.451 e. The summed E-state index contributed by atoms with van der Waals surface area (Å²) >= 11 is 5.79. The summed E-state index contributed by atoms with van der Waals surface area (Å²) in [6.45, 7) is 4.24. The number of ether oxygens (including phenoxy) is 2. The van der Waals surface area contributed by atoms with Crippen molar-refractivity contribution in [1.29, 1.82) is 0 Å². The first-order valence-electron chi connectivity index (χ1n) is 5.36. The molecule has 0 unspecified atom stereocenters. The first kappa shape index (κ1) is 14.2. The minimum atomic E-state index is -0.537. The van der Waals surface area contributed by atoms with Crippen molar-refractivity contribution in [3.05, 3.63) is 33.3 Å². The van der Waals surface area contributed by atoms with Crippen LogP contribution in [-0.4, -0.2) is 24.2 Å². The quantitative estimate of drug-likeness (QED) is 0.365. The third-order valence-electron chi connectivity index (χ3n) is 1.88. The summed E-state index contributed by atoms with van der Waals surface area (Å²) < 4.78 is 10.2. The second-order valence-electron chi connectivity index (χ2n) is 3.13. The SMILES string of the molecule is CCOC(=Nc1cc(Cl)ccc1[N+](=O)[O-])OCC. The molecular weight excluding hydrogens is 260 g/mol. The van der Waals surface area contributed by atoms with Gasteiger partial charge in [-0.15, -0.1) is 0 Å². The van der Waals surface area contributed by atoms with Gasteiger partial charge in [-0.05, 0) is 26.0 Å². The van der Waals surface area contributed by atoms with Gasteiger partial charge in [0.1, 0.15) is 5.69 Å². The van der Waals surface area contributed by atoms with E-state index in [1.165, 1.54) is 18.2 Å². The van der Waals surface area contributed by atoms with Gasteiger partial charge >= 0.3 is 6.08 Å². The van der Waals surface area contributed by atoms with Gasteiger partial charge in [0, 0.05) is 11.1 Å². The summed E-state index contributed by atoms with van der Waals surface area (Å²) in [6.07, 6.45) is -0.00892. The van der Waals surface area contributed by atoms with E-state index in [1.807, 2.05) is 0 Å². The number of hydrogen-bond acceptors (Lipinski definition) is 5. The lowest BCUT2D eigenvalue weighted by Crippen LogP contribution is -2.09. The van der Waals surface area contributed by atoms with Gasteiger partial charge in [0.25, 0.3) is 5.69 Å². The maximum atomic E-state index is 10.8. The average molecular weight is 273 g/mol. The van der Waals surface area contributed by atoms with Crippen LogP contribution in [0.4, 0.5) is 11.4 Å². The Morgan fingerprint density at radius 1 is 1.39 bits per heavy atom. The van der Waals surface area contributed by atoms with Gasteiger partial charge in [0.2, 0.25) is 0 Å². The maximum Gasteiger partial charge on any atom is 0.389 e. The van der Waals surface area contributed by atoms with E-state index in [9.17, 15) is 10.1 Å². The lowest BCUT2D eigenvalue weighted by atomic mass is 10.3. The number of benzene rings is 1. The number of aliphatic imine (C=N–C) groups is 1. The molecule has 0 spiro atoms. The summed E-state index contributed by atoms with van der Waals surface area (Å²) in [4.78, 5) is 14.3. The number of nitro benzene ring substituents is 1. The predicted octanol–water partition coefficient (Wildman–Crippen LogP) is 3.31. The Hall–Kier alpha value is -1.82. The smallest absolute Gasteiger partial charge is 0.389 e. The Balaban J connectivity index is 3.16. The molecule has 0 radical (unpaired) electrons. The molecule has 0 aliphatic carbocycles. The van der Waals surface area contributed by atoms with Crippen LogP contribution < -0.4 is 0 Å². The van der Waals surface area contributed by atoms with Crippen LogP contribution in [0.2, 0.25) is 5.02 Å². The molecule has 1 aromatic rings. The van der Waals surface area contributed by atoms with Crippen molar-refractivity contribution in [3.63, 3.8) is 0 Å². The molecule has 1 rings (SSSR count). The summed E-state index contributed by atoms with van der Waals surface area (Å²) in [7, 11) is 0. The van der Waals surface area contributed by atoms with Gasteiger partial charge in [0.05, 0.1) is 18.1 Å². The monoisotopic (exact) mass is 272 g/mol. The lowest BCUT2D eigenvalue weighted by molar-refractivity contribution is -0.384. The fourth-order valence-corrected chi connectivity index (χ4v) is 1.36. The summed E-state index contributed by atoms with van der Waals surface area (Å²) in [5.41, 5.74) is -0.0549. The number of rotatable bonds is 4. The Morgan fingerprint density at radius 3 is 2.50 bits per heavy atom. The fraction of sp³-hybridized carbons (Fsp3) is 0.364. The highest BCUT2D eigenvalue weighted by atomic mass is 35.5. The molecule has 0 aliphatic rings. The standard InChI is InChI=1S/C11H13ClN2O4/c1-3-17-11(18-4-2)13-9-7-8(12)5-6-10(9)14(15)16/h5-7H,3-4H2,1-2H3. The number of nitrogens with zero attached hydrogens (tertiary/aromatic N) is 2. The second-order valence-corrected chi connectivity index (χ2v) is 3.57. The Morgan fingerprint density at radius 2 is 2.00 bits per heavy atom. The van der Waals surface area contributed by atoms with Crippen molar-refractivity contribution in [2.45, 2.75) is 13.8 Å². The van der Waals surface area contributed by atoms with E-state index in [2.05, 4.69) is 4.99 Å². The van der Waals surface area contributed by atoms with Crippen molar-refractivity contribution < 1.29 is 14.4 Å². The van der Waals surface area contributed by atoms with E-state index in [4.69, 9.17) is 21.1 Å². The van der Waals surface area contributed by atoms with Gasteiger partial charge in [-0.3, -0.25) is 10.1 Å². The average Bonchev–Trinajstić information content (AvgIpc) is 2.29. The highest BCUT2D eigenvalue weighted by Crippen LogP contribution is 2.30. The van der Waals surface area contributed by atoms with Crippen LogP contribution >= 0.6 is 11.6 Å². The molecule has 6 nitrogen and oxygen atoms in total. The number of hydrogen-bond donors (Lipinski definition) is 0. The number of nitro groups is 1. The summed E-state index contributed by atoms with van der Waals surface area (Å²) in [5, 5.41) is 11.2. The minimum Gasteiger partial charge on any atom is -0.451 e. The Bertz CT molecular complexity index is 454. The molecule has 98 valence electrons. The van der Waals surface area contributed by atoms with Gasteiger partial charge in [-0.1, -0.05) is 11.6 Å². The molecule has 18 heavy (non-hydrogen) atoms. The maximum absolute atomic E-state index is 10.8. The minimum absolute atomic E-state index is 0.00892. The van der Waals surface area contributed by atoms with Gasteiger partial charge in [-0.25, -0.2) is 0 Å². The van der Waals surface area contributed by atoms with Crippen LogP contribution in [0.3, 0.4) is 0 Å². The first-order chi connectivity index (χ1) is 8.58. The zero-order chi connectivity index (χ0) is 13.5. The predicted molar refractivity (Wildman–Crippen MR) is 68.5 cm³/mol. The van der Waals surface area contributed by atoms with Crippen molar-refractivity contribution >= 4 is 29.1 Å². The summed E-state index contributed by atoms with van der Waals surface area (Å²) in [5.74, 6) is 0. The molecule has 0 aliphatic heterocycles. The van der Waals surface area contributed by atoms with Crippen molar-refractivity contribution in [2.75, 3.05) is 13.2 Å². The first-order valence-corrected chi connectivity index (χ1v) is 5.74. The van der Waals surface area contributed by atoms with Crippen LogP contribution in [0.25, 0.3) is 0 Å². The van der Waals surface area contributed by atoms with Crippen molar-refractivity contribution in [2.24, 2.45) is 4.99 Å². The van der Waals surface area contributed by atoms with E-state index >= 15 is 0 Å². The topological polar surface area (TPSA) is 74.0 Å². The molecule has 0 fully saturated rings. The van der Waals surface area contributed by atoms with Crippen LogP contribution in [0.1, 0.15) is 13.8 Å². The number of halogens is 1. The van der Waals surface area contributed by atoms with Crippen LogP contribution in [0, 0.1) is 10.1 Å². The van der Waals surface area contributed by atoms with E-state index in [1.54, 1.807) is 13.8 Å². The Kier molecular flexibility index (Phi) is 5.38. The molecule has 0 aromatic heterocycles. The van der Waals surface area contributed by atoms with E-state index in [0.29, 0.717) is 18.2 Å². The van der Waals surface area contributed by atoms with E-state index in [0.717, 1.165) is 0 Å². The molecule has 1 aromatic carbocycles. The van der Waals surface area contributed by atoms with Gasteiger partial charge < -0.3 is 9.47 Å². The highest BCUT2D eigenvalue weighted by molar-refractivity contribution is 6.31. The van der Waals surface area contributed by atoms with Crippen LogP contribution in [0.5, 0.6) is 0 Å². The van der Waals surface area contributed by atoms with Crippen molar-refractivity contribution in [3.8, 4) is 0 Å². The van der Waals surface area contributed by atoms with Crippen molar-refractivity contribution in [1.82, 2.24) is 0 Å². The summed E-state index contributed by atoms with van der Waals surface area (Å²) in [6, 6.07) is 4.11. The highest BCUT2D eigenvalue weighted by Gasteiger charge is 2.15. The van der Waals surface area contributed by atoms with Crippen LogP contribution in [-0.2, 0) is 9.47 Å². The van der Waals surface area contributed by atoms with Crippen LogP contribution in [0.15, 0.2) is 23.2 Å². The zero-order valence-corrected chi connectivity index (χ0v) is 10.8. The van der Waals surface area contributed by atoms with Gasteiger partial charge in [0.15, 0.2) is 0 Å². The molecular formula is C11H13ClN2O4. The van der Waals surface area contributed by atoms with Gasteiger partial charge in [-0.2, -0.15) is 4.99 Å². The lowest BCUT2D eigenvalue weighted by Gasteiger charge is -2.07. The Labute approximate surface area is 109 Å². The molecule has 0 bridgehead atoms. The fourth-order valence-electron chi connectivity index (χ4n) is 1.19.